The Labute approximate surface area is 131 Å². The van der Waals surface area contributed by atoms with Gasteiger partial charge in [-0.15, -0.1) is 0 Å². The summed E-state index contributed by atoms with van der Waals surface area (Å²) < 4.78 is 0. The van der Waals surface area contributed by atoms with Crippen molar-refractivity contribution in [1.29, 1.82) is 0 Å². The maximum Gasteiger partial charge on any atom is 0.299 e. The Morgan fingerprint density at radius 2 is 1.83 bits per heavy atom. The molecule has 0 aliphatic heterocycles. The first-order chi connectivity index (χ1) is 10.9. The Morgan fingerprint density at radius 1 is 1.09 bits per heavy atom. The summed E-state index contributed by atoms with van der Waals surface area (Å²) in [5.74, 6) is 0. The highest BCUT2D eigenvalue weighted by atomic mass is 16.6. The number of nitrogens with zero attached hydrogens (tertiary/aromatic N) is 3. The van der Waals surface area contributed by atoms with Crippen LogP contribution in [0.4, 0.5) is 28.4 Å². The molecule has 0 saturated heterocycles. The number of nitrogens with one attached hydrogen (secondary N) is 1. The SMILES string of the molecule is CC=Nc1cc(Nc2ccc([N+](=O)[O-])cc2[N+](=O)[O-])ccc1C. The van der Waals surface area contributed by atoms with Crippen molar-refractivity contribution in [3.63, 3.8) is 0 Å². The summed E-state index contributed by atoms with van der Waals surface area (Å²) in [6.45, 7) is 3.70. The van der Waals surface area contributed by atoms with Crippen LogP contribution >= 0.6 is 0 Å². The summed E-state index contributed by atoms with van der Waals surface area (Å²) in [5, 5.41) is 24.8. The van der Waals surface area contributed by atoms with Gasteiger partial charge in [-0.1, -0.05) is 6.07 Å². The van der Waals surface area contributed by atoms with Crippen LogP contribution in [0.1, 0.15) is 12.5 Å². The Morgan fingerprint density at radius 3 is 2.43 bits per heavy atom. The standard InChI is InChI=1S/C15H14N4O4/c1-3-16-14-8-11(5-4-10(14)2)17-13-7-6-12(18(20)21)9-15(13)19(22)23/h3-9,17H,1-2H3. The van der Waals surface area contributed by atoms with Crippen LogP contribution in [0.3, 0.4) is 0 Å². The second-order valence-corrected chi connectivity index (χ2v) is 4.73. The lowest BCUT2D eigenvalue weighted by Gasteiger charge is -2.09. The highest BCUT2D eigenvalue weighted by Crippen LogP contribution is 2.32. The molecule has 0 amide bonds. The van der Waals surface area contributed by atoms with E-state index in [-0.39, 0.29) is 17.1 Å². The van der Waals surface area contributed by atoms with Gasteiger partial charge < -0.3 is 5.32 Å². The number of aliphatic imine (C=N–C) groups is 1. The van der Waals surface area contributed by atoms with Crippen LogP contribution in [0.15, 0.2) is 41.4 Å². The third kappa shape index (κ3) is 3.67. The predicted molar refractivity (Wildman–Crippen MR) is 88.0 cm³/mol. The van der Waals surface area contributed by atoms with Crippen molar-refractivity contribution in [2.24, 2.45) is 4.99 Å². The number of rotatable bonds is 5. The molecule has 0 spiro atoms. The second kappa shape index (κ2) is 6.65. The number of anilines is 2. The fourth-order valence-corrected chi connectivity index (χ4v) is 2.01. The van der Waals surface area contributed by atoms with Crippen molar-refractivity contribution >= 4 is 34.7 Å². The molecule has 8 heteroatoms. The summed E-state index contributed by atoms with van der Waals surface area (Å²) in [7, 11) is 0. The van der Waals surface area contributed by atoms with E-state index in [0.717, 1.165) is 17.3 Å². The lowest BCUT2D eigenvalue weighted by molar-refractivity contribution is -0.393. The van der Waals surface area contributed by atoms with Gasteiger partial charge in [-0.2, -0.15) is 0 Å². The molecule has 0 heterocycles. The zero-order chi connectivity index (χ0) is 17.0. The van der Waals surface area contributed by atoms with Gasteiger partial charge in [0.2, 0.25) is 0 Å². The molecular weight excluding hydrogens is 300 g/mol. The van der Waals surface area contributed by atoms with E-state index >= 15 is 0 Å². The lowest BCUT2D eigenvalue weighted by atomic mass is 10.1. The monoisotopic (exact) mass is 314 g/mol. The minimum absolute atomic E-state index is 0.177. The zero-order valence-corrected chi connectivity index (χ0v) is 12.5. The molecule has 2 aromatic rings. The maximum atomic E-state index is 11.1. The van der Waals surface area contributed by atoms with Crippen LogP contribution in [0, 0.1) is 27.2 Å². The highest BCUT2D eigenvalue weighted by Gasteiger charge is 2.19. The van der Waals surface area contributed by atoms with Crippen LogP contribution in [0.2, 0.25) is 0 Å². The van der Waals surface area contributed by atoms with Crippen molar-refractivity contribution in [2.45, 2.75) is 13.8 Å². The molecule has 2 rings (SSSR count). The molecular formula is C15H14N4O4. The molecule has 118 valence electrons. The highest BCUT2D eigenvalue weighted by molar-refractivity contribution is 5.74. The van der Waals surface area contributed by atoms with E-state index in [9.17, 15) is 20.2 Å². The molecule has 8 nitrogen and oxygen atoms in total. The van der Waals surface area contributed by atoms with Crippen molar-refractivity contribution < 1.29 is 9.85 Å². The van der Waals surface area contributed by atoms with Crippen molar-refractivity contribution in [3.05, 3.63) is 62.2 Å². The zero-order valence-electron chi connectivity index (χ0n) is 12.5. The number of hydrogen-bond acceptors (Lipinski definition) is 6. The van der Waals surface area contributed by atoms with Crippen LogP contribution in [-0.4, -0.2) is 16.1 Å². The minimum Gasteiger partial charge on any atom is -0.350 e. The average Bonchev–Trinajstić information content (AvgIpc) is 2.50. The Balaban J connectivity index is 2.42. The van der Waals surface area contributed by atoms with Gasteiger partial charge in [0.1, 0.15) is 5.69 Å². The third-order valence-electron chi connectivity index (χ3n) is 3.15. The normalized spacial score (nSPS) is 10.7. The van der Waals surface area contributed by atoms with Crippen molar-refractivity contribution in [2.75, 3.05) is 5.32 Å². The average molecular weight is 314 g/mol. The van der Waals surface area contributed by atoms with Gasteiger partial charge in [0.05, 0.1) is 21.6 Å². The Hall–Kier alpha value is -3.29. The summed E-state index contributed by atoms with van der Waals surface area (Å²) in [6, 6.07) is 8.81. The third-order valence-corrected chi connectivity index (χ3v) is 3.15. The van der Waals surface area contributed by atoms with E-state index in [4.69, 9.17) is 0 Å². The molecule has 2 aromatic carbocycles. The fraction of sp³-hybridized carbons (Fsp3) is 0.133. The van der Waals surface area contributed by atoms with E-state index in [1.807, 2.05) is 13.0 Å². The van der Waals surface area contributed by atoms with Crippen molar-refractivity contribution in [1.82, 2.24) is 0 Å². The molecule has 1 N–H and O–H groups in total. The number of benzene rings is 2. The van der Waals surface area contributed by atoms with Crippen LogP contribution in [-0.2, 0) is 0 Å². The van der Waals surface area contributed by atoms with E-state index in [2.05, 4.69) is 10.3 Å². The first kappa shape index (κ1) is 16.1. The molecule has 0 aliphatic carbocycles. The fourth-order valence-electron chi connectivity index (χ4n) is 2.01. The predicted octanol–water partition coefficient (Wildman–Crippen LogP) is 4.28. The summed E-state index contributed by atoms with van der Waals surface area (Å²) in [5.41, 5.74) is 1.79. The Kier molecular flexibility index (Phi) is 4.65. The van der Waals surface area contributed by atoms with Crippen LogP contribution < -0.4 is 5.32 Å². The molecule has 0 fully saturated rings. The van der Waals surface area contributed by atoms with Gasteiger partial charge >= 0.3 is 0 Å². The lowest BCUT2D eigenvalue weighted by Crippen LogP contribution is -1.99. The number of nitro benzene ring substituents is 2. The molecule has 0 atom stereocenters. The number of non-ortho nitro benzene ring substituents is 1. The molecule has 0 aromatic heterocycles. The first-order valence-electron chi connectivity index (χ1n) is 6.71. The van der Waals surface area contributed by atoms with E-state index < -0.39 is 9.85 Å². The largest absolute Gasteiger partial charge is 0.350 e. The van der Waals surface area contributed by atoms with Gasteiger partial charge in [0.25, 0.3) is 11.4 Å². The molecule has 0 unspecified atom stereocenters. The van der Waals surface area contributed by atoms with Gasteiger partial charge in [-0.05, 0) is 37.6 Å². The molecule has 23 heavy (non-hydrogen) atoms. The minimum atomic E-state index is -0.670. The maximum absolute atomic E-state index is 11.1. The topological polar surface area (TPSA) is 111 Å². The number of nitro groups is 2. The van der Waals surface area contributed by atoms with Gasteiger partial charge in [0, 0.05) is 18.0 Å². The van der Waals surface area contributed by atoms with Gasteiger partial charge in [-0.25, -0.2) is 0 Å². The van der Waals surface area contributed by atoms with E-state index in [1.54, 1.807) is 25.3 Å². The van der Waals surface area contributed by atoms with Crippen LogP contribution in [0.5, 0.6) is 0 Å². The van der Waals surface area contributed by atoms with Gasteiger partial charge in [0.15, 0.2) is 0 Å². The van der Waals surface area contributed by atoms with Crippen molar-refractivity contribution in [3.8, 4) is 0 Å². The Bertz CT molecular complexity index is 802. The summed E-state index contributed by atoms with van der Waals surface area (Å²) in [4.78, 5) is 24.8. The summed E-state index contributed by atoms with van der Waals surface area (Å²) >= 11 is 0. The quantitative estimate of drug-likeness (QED) is 0.503. The van der Waals surface area contributed by atoms with Crippen LogP contribution in [0.25, 0.3) is 0 Å². The number of aryl methyl sites for hydroxylation is 1. The van der Waals surface area contributed by atoms with E-state index in [1.165, 1.54) is 12.1 Å². The van der Waals surface area contributed by atoms with Gasteiger partial charge in [-0.3, -0.25) is 25.2 Å². The smallest absolute Gasteiger partial charge is 0.299 e. The summed E-state index contributed by atoms with van der Waals surface area (Å²) in [6.07, 6.45) is 1.65. The number of hydrogen-bond donors (Lipinski definition) is 1. The second-order valence-electron chi connectivity index (χ2n) is 4.73. The first-order valence-corrected chi connectivity index (χ1v) is 6.71. The molecule has 0 aliphatic rings. The molecule has 0 bridgehead atoms. The molecule has 0 radical (unpaired) electrons. The van der Waals surface area contributed by atoms with E-state index in [0.29, 0.717) is 5.69 Å². The molecule has 0 saturated carbocycles.